The van der Waals surface area contributed by atoms with Crippen LogP contribution in [0.3, 0.4) is 0 Å². The molecule has 3 aliphatic rings. The summed E-state index contributed by atoms with van der Waals surface area (Å²) < 4.78 is 2.39. The van der Waals surface area contributed by atoms with E-state index in [1.54, 1.807) is 0 Å². The molecular formula is C52H34N2. The van der Waals surface area contributed by atoms with Crippen LogP contribution < -0.4 is 0 Å². The summed E-state index contributed by atoms with van der Waals surface area (Å²) in [5.41, 5.74) is 17.4. The molecule has 2 heteroatoms. The van der Waals surface area contributed by atoms with Gasteiger partial charge in [-0.2, -0.15) is 0 Å². The van der Waals surface area contributed by atoms with Crippen LogP contribution in [0.4, 0.5) is 0 Å². The third-order valence-corrected chi connectivity index (χ3v) is 11.5. The van der Waals surface area contributed by atoms with E-state index in [-0.39, 0.29) is 0 Å². The van der Waals surface area contributed by atoms with Gasteiger partial charge in [-0.05, 0) is 86.0 Å². The Morgan fingerprint density at radius 2 is 0.963 bits per heavy atom. The lowest BCUT2D eigenvalue weighted by Crippen LogP contribution is -2.28. The van der Waals surface area contributed by atoms with Gasteiger partial charge in [0.05, 0.1) is 22.1 Å². The number of aromatic nitrogens is 2. The third kappa shape index (κ3) is 4.50. The molecule has 0 N–H and O–H groups in total. The van der Waals surface area contributed by atoms with E-state index in [1.807, 2.05) is 0 Å². The zero-order chi connectivity index (χ0) is 35.6. The Balaban J connectivity index is 1.15. The molecule has 1 aliphatic carbocycles. The summed E-state index contributed by atoms with van der Waals surface area (Å²) in [4.78, 5) is 5.24. The van der Waals surface area contributed by atoms with Crippen LogP contribution in [0, 0.1) is 0 Å². The second-order valence-corrected chi connectivity index (χ2v) is 14.3. The highest BCUT2D eigenvalue weighted by molar-refractivity contribution is 6.07. The van der Waals surface area contributed by atoms with Crippen molar-refractivity contribution in [1.82, 2.24) is 9.55 Å². The van der Waals surface area contributed by atoms with E-state index in [0.29, 0.717) is 0 Å². The first-order chi connectivity index (χ1) is 26.8. The number of pyridine rings is 1. The lowest BCUT2D eigenvalue weighted by molar-refractivity contribution is 0.767. The first-order valence-corrected chi connectivity index (χ1v) is 18.6. The van der Waals surface area contributed by atoms with Crippen molar-refractivity contribution < 1.29 is 0 Å². The monoisotopic (exact) mass is 686 g/mol. The second kappa shape index (κ2) is 12.0. The van der Waals surface area contributed by atoms with Crippen molar-refractivity contribution in [2.45, 2.75) is 5.41 Å². The topological polar surface area (TPSA) is 17.8 Å². The average molecular weight is 687 g/mol. The van der Waals surface area contributed by atoms with Crippen molar-refractivity contribution in [3.63, 3.8) is 0 Å². The Morgan fingerprint density at radius 1 is 0.389 bits per heavy atom. The summed E-state index contributed by atoms with van der Waals surface area (Å²) >= 11 is 0. The van der Waals surface area contributed by atoms with E-state index in [4.69, 9.17) is 4.98 Å². The Labute approximate surface area is 314 Å². The van der Waals surface area contributed by atoms with E-state index in [9.17, 15) is 0 Å². The molecular weight excluding hydrogens is 653 g/mol. The summed E-state index contributed by atoms with van der Waals surface area (Å²) in [6, 6.07) is 72.9. The molecule has 252 valence electrons. The smallest absolute Gasteiger partial charge is 0.0824 e. The summed E-state index contributed by atoms with van der Waals surface area (Å²) in [5.74, 6) is 0. The highest BCUT2D eigenvalue weighted by atomic mass is 15.0. The van der Waals surface area contributed by atoms with Crippen molar-refractivity contribution in [3.05, 3.63) is 229 Å². The van der Waals surface area contributed by atoms with Gasteiger partial charge in [0, 0.05) is 28.2 Å². The molecule has 0 saturated heterocycles. The lowest BCUT2D eigenvalue weighted by Gasteiger charge is -2.34. The Hall–Kier alpha value is -7.03. The molecule has 54 heavy (non-hydrogen) atoms. The van der Waals surface area contributed by atoms with E-state index in [0.717, 1.165) is 38.8 Å². The maximum absolute atomic E-state index is 5.24. The molecule has 2 heterocycles. The molecule has 0 amide bonds. The van der Waals surface area contributed by atoms with Crippen LogP contribution in [0.5, 0.6) is 0 Å². The highest BCUT2D eigenvalue weighted by Crippen LogP contribution is 2.56. The second-order valence-electron chi connectivity index (χ2n) is 14.3. The van der Waals surface area contributed by atoms with Crippen molar-refractivity contribution in [3.8, 4) is 50.3 Å². The van der Waals surface area contributed by atoms with Gasteiger partial charge in [-0.25, -0.2) is 4.98 Å². The van der Waals surface area contributed by atoms with Gasteiger partial charge in [-0.1, -0.05) is 170 Å². The van der Waals surface area contributed by atoms with Gasteiger partial charge < -0.3 is 4.57 Å². The first-order valence-electron chi connectivity index (χ1n) is 18.6. The summed E-state index contributed by atoms with van der Waals surface area (Å²) in [5, 5.41) is 2.30. The zero-order valence-corrected chi connectivity index (χ0v) is 29.5. The van der Waals surface area contributed by atoms with Gasteiger partial charge in [0.1, 0.15) is 0 Å². The Morgan fingerprint density at radius 3 is 1.70 bits per heavy atom. The molecule has 8 aromatic carbocycles. The molecule has 0 unspecified atom stereocenters. The van der Waals surface area contributed by atoms with Crippen molar-refractivity contribution >= 4 is 21.8 Å². The molecule has 0 atom stereocenters. The zero-order valence-electron chi connectivity index (χ0n) is 29.5. The average Bonchev–Trinajstić information content (AvgIpc) is 3.78. The van der Waals surface area contributed by atoms with Gasteiger partial charge in [0.2, 0.25) is 0 Å². The van der Waals surface area contributed by atoms with Crippen LogP contribution in [0.1, 0.15) is 22.3 Å². The number of rotatable bonds is 5. The number of benzene rings is 8. The Kier molecular flexibility index (Phi) is 6.80. The quantitative estimate of drug-likeness (QED) is 0.176. The standard InChI is InChI=1S/C52H34N2/c1-4-14-35(15-5-1)36-24-26-37(27-25-36)38-28-31-50-45(32-38)51-46(44-21-11-13-23-49(44)53-51)34-54(50)41-29-30-43-42-20-10-12-22-47(42)52(48(43)33-41,39-16-6-2-7-17-39)40-18-8-3-9-19-40/h1-34H. The van der Waals surface area contributed by atoms with E-state index < -0.39 is 5.41 Å². The minimum atomic E-state index is -0.474. The van der Waals surface area contributed by atoms with Crippen LogP contribution in [-0.2, 0) is 5.41 Å². The lowest BCUT2D eigenvalue weighted by atomic mass is 9.67. The molecule has 0 fully saturated rings. The minimum Gasteiger partial charge on any atom is -0.316 e. The molecule has 2 nitrogen and oxygen atoms in total. The predicted molar refractivity (Wildman–Crippen MR) is 223 cm³/mol. The first kappa shape index (κ1) is 30.6. The van der Waals surface area contributed by atoms with Crippen molar-refractivity contribution in [1.29, 1.82) is 0 Å². The SMILES string of the molecule is c1ccc(-c2ccc(-c3ccc4c(c3)c3nc5ccccc5c-3cn4-c3ccc4c(c3)C(c3ccccc3)(c3ccccc3)c3ccccc3-4)cc2)cc1. The van der Waals surface area contributed by atoms with Crippen molar-refractivity contribution in [2.24, 2.45) is 0 Å². The normalized spacial score (nSPS) is 13.0. The van der Waals surface area contributed by atoms with Crippen LogP contribution in [-0.4, -0.2) is 9.55 Å². The van der Waals surface area contributed by atoms with Gasteiger partial charge in [-0.15, -0.1) is 0 Å². The van der Waals surface area contributed by atoms with Gasteiger partial charge in [0.15, 0.2) is 0 Å². The molecule has 0 radical (unpaired) electrons. The Bertz CT molecular complexity index is 2920. The maximum Gasteiger partial charge on any atom is 0.0824 e. The van der Waals surface area contributed by atoms with E-state index >= 15 is 0 Å². The minimum absolute atomic E-state index is 0.474. The fourth-order valence-corrected chi connectivity index (χ4v) is 9.04. The van der Waals surface area contributed by atoms with Crippen LogP contribution in [0.2, 0.25) is 0 Å². The number of nitrogens with zero attached hydrogens (tertiary/aromatic N) is 2. The van der Waals surface area contributed by atoms with Gasteiger partial charge in [-0.3, -0.25) is 0 Å². The maximum atomic E-state index is 5.24. The predicted octanol–water partition coefficient (Wildman–Crippen LogP) is 13.0. The van der Waals surface area contributed by atoms with Crippen LogP contribution in [0.25, 0.3) is 72.1 Å². The molecule has 8 aromatic rings. The number of hydrogen-bond acceptors (Lipinski definition) is 1. The number of fused-ring (bicyclic) bond motifs is 8. The van der Waals surface area contributed by atoms with E-state index in [2.05, 4.69) is 211 Å². The summed E-state index contributed by atoms with van der Waals surface area (Å²) in [6.45, 7) is 0. The van der Waals surface area contributed by atoms with Crippen molar-refractivity contribution in [2.75, 3.05) is 0 Å². The highest BCUT2D eigenvalue weighted by Gasteiger charge is 2.46. The van der Waals surface area contributed by atoms with Crippen LogP contribution in [0.15, 0.2) is 206 Å². The fraction of sp³-hybridized carbons (Fsp3) is 0.0192. The number of para-hydroxylation sites is 1. The molecule has 0 spiro atoms. The van der Waals surface area contributed by atoms with Gasteiger partial charge in [0.25, 0.3) is 0 Å². The molecule has 0 bridgehead atoms. The summed E-state index contributed by atoms with van der Waals surface area (Å²) in [6.07, 6.45) is 2.30. The molecule has 2 aliphatic heterocycles. The number of hydrogen-bond donors (Lipinski definition) is 0. The van der Waals surface area contributed by atoms with Gasteiger partial charge >= 0.3 is 0 Å². The molecule has 11 rings (SSSR count). The fourth-order valence-electron chi connectivity index (χ4n) is 9.04. The molecule has 0 saturated carbocycles. The summed E-state index contributed by atoms with van der Waals surface area (Å²) in [7, 11) is 0. The molecule has 0 aromatic heterocycles. The third-order valence-electron chi connectivity index (χ3n) is 11.5. The van der Waals surface area contributed by atoms with E-state index in [1.165, 1.54) is 55.6 Å². The van der Waals surface area contributed by atoms with Crippen LogP contribution >= 0.6 is 0 Å². The largest absolute Gasteiger partial charge is 0.316 e.